The van der Waals surface area contributed by atoms with Gasteiger partial charge in [0.15, 0.2) is 0 Å². The summed E-state index contributed by atoms with van der Waals surface area (Å²) in [6.07, 6.45) is 0. The van der Waals surface area contributed by atoms with Gasteiger partial charge in [-0.25, -0.2) is 0 Å². The number of aryl methyl sites for hydroxylation is 1. The minimum atomic E-state index is -0.00507. The molecule has 108 valence electrons. The Balaban J connectivity index is 2.20. The van der Waals surface area contributed by atoms with Crippen molar-refractivity contribution in [3.8, 4) is 0 Å². The summed E-state index contributed by atoms with van der Waals surface area (Å²) in [7, 11) is 2.05. The van der Waals surface area contributed by atoms with Gasteiger partial charge in [-0.15, -0.1) is 0 Å². The van der Waals surface area contributed by atoms with E-state index in [4.69, 9.17) is 21.8 Å². The Morgan fingerprint density at radius 1 is 1.30 bits per heavy atom. The molecule has 0 bridgehead atoms. The Morgan fingerprint density at radius 3 is 2.60 bits per heavy atom. The predicted molar refractivity (Wildman–Crippen MR) is 82.8 cm³/mol. The van der Waals surface area contributed by atoms with Crippen molar-refractivity contribution in [2.45, 2.75) is 32.5 Å². The Bertz CT molecular complexity index is 565. The first-order chi connectivity index (χ1) is 9.47. The van der Waals surface area contributed by atoms with Gasteiger partial charge in [0, 0.05) is 17.1 Å². The van der Waals surface area contributed by atoms with Crippen LogP contribution in [0.3, 0.4) is 0 Å². The lowest BCUT2D eigenvalue weighted by molar-refractivity contribution is 0.195. The fourth-order valence-electron chi connectivity index (χ4n) is 2.56. The van der Waals surface area contributed by atoms with E-state index < -0.39 is 0 Å². The number of rotatable bonds is 5. The molecule has 0 aliphatic heterocycles. The predicted octanol–water partition coefficient (Wildman–Crippen LogP) is 3.76. The molecule has 1 aromatic carbocycles. The molecule has 1 heterocycles. The van der Waals surface area contributed by atoms with E-state index in [1.807, 2.05) is 51.2 Å². The summed E-state index contributed by atoms with van der Waals surface area (Å²) in [5.74, 6) is 1.87. The van der Waals surface area contributed by atoms with Crippen molar-refractivity contribution in [2.24, 2.45) is 5.73 Å². The number of nitrogens with two attached hydrogens (primary N) is 1. The van der Waals surface area contributed by atoms with Crippen molar-refractivity contribution in [3.05, 3.63) is 58.5 Å². The zero-order valence-corrected chi connectivity index (χ0v) is 12.9. The summed E-state index contributed by atoms with van der Waals surface area (Å²) in [4.78, 5) is 2.19. The van der Waals surface area contributed by atoms with E-state index in [-0.39, 0.29) is 12.1 Å². The Kier molecular flexibility index (Phi) is 4.86. The van der Waals surface area contributed by atoms with Gasteiger partial charge in [-0.05, 0) is 50.7 Å². The van der Waals surface area contributed by atoms with Crippen LogP contribution in [-0.2, 0) is 6.54 Å². The average molecular weight is 293 g/mol. The number of halogens is 1. The normalized spacial score (nSPS) is 14.5. The highest BCUT2D eigenvalue weighted by molar-refractivity contribution is 6.30. The first kappa shape index (κ1) is 15.1. The summed E-state index contributed by atoms with van der Waals surface area (Å²) in [6, 6.07) is 11.9. The second-order valence-corrected chi connectivity index (χ2v) is 5.72. The van der Waals surface area contributed by atoms with E-state index in [9.17, 15) is 0 Å². The molecule has 2 rings (SSSR count). The number of hydrogen-bond acceptors (Lipinski definition) is 3. The Hall–Kier alpha value is -1.29. The van der Waals surface area contributed by atoms with Gasteiger partial charge in [-0.3, -0.25) is 4.90 Å². The van der Waals surface area contributed by atoms with Gasteiger partial charge >= 0.3 is 0 Å². The lowest BCUT2D eigenvalue weighted by Gasteiger charge is -2.31. The van der Waals surface area contributed by atoms with Crippen LogP contribution in [0.4, 0.5) is 0 Å². The SMILES string of the molecule is Cc1ccc(CN(C)C(c2cccc(Cl)c2)C(C)N)o1. The van der Waals surface area contributed by atoms with Gasteiger partial charge in [0.1, 0.15) is 11.5 Å². The molecule has 0 spiro atoms. The standard InChI is InChI=1S/C16H21ClN2O/c1-11-7-8-15(20-11)10-19(3)16(12(2)18)13-5-4-6-14(17)9-13/h4-9,12,16H,10,18H2,1-3H3. The summed E-state index contributed by atoms with van der Waals surface area (Å²) in [5.41, 5.74) is 7.29. The summed E-state index contributed by atoms with van der Waals surface area (Å²) < 4.78 is 5.64. The first-order valence-corrected chi connectivity index (χ1v) is 7.12. The van der Waals surface area contributed by atoms with Gasteiger partial charge in [-0.1, -0.05) is 23.7 Å². The van der Waals surface area contributed by atoms with Gasteiger partial charge in [0.05, 0.1) is 6.54 Å². The molecule has 2 N–H and O–H groups in total. The molecule has 1 aromatic heterocycles. The molecule has 0 saturated carbocycles. The summed E-state index contributed by atoms with van der Waals surface area (Å²) in [5, 5.41) is 0.732. The van der Waals surface area contributed by atoms with Crippen LogP contribution in [0.2, 0.25) is 5.02 Å². The molecule has 2 atom stereocenters. The number of likely N-dealkylation sites (N-methyl/N-ethyl adjacent to an activating group) is 1. The van der Waals surface area contributed by atoms with E-state index in [2.05, 4.69) is 11.0 Å². The van der Waals surface area contributed by atoms with E-state index >= 15 is 0 Å². The molecule has 4 heteroatoms. The van der Waals surface area contributed by atoms with Crippen molar-refractivity contribution in [1.82, 2.24) is 4.90 Å². The largest absolute Gasteiger partial charge is 0.465 e. The molecule has 0 fully saturated rings. The number of hydrogen-bond donors (Lipinski definition) is 1. The van der Waals surface area contributed by atoms with Crippen molar-refractivity contribution in [2.75, 3.05) is 7.05 Å². The highest BCUT2D eigenvalue weighted by Crippen LogP contribution is 2.26. The van der Waals surface area contributed by atoms with Crippen LogP contribution in [0.5, 0.6) is 0 Å². The van der Waals surface area contributed by atoms with Crippen molar-refractivity contribution in [1.29, 1.82) is 0 Å². The third-order valence-corrected chi connectivity index (χ3v) is 3.60. The van der Waals surface area contributed by atoms with E-state index in [1.54, 1.807) is 0 Å². The molecule has 3 nitrogen and oxygen atoms in total. The number of nitrogens with zero attached hydrogens (tertiary/aromatic N) is 1. The zero-order chi connectivity index (χ0) is 14.7. The maximum atomic E-state index is 6.16. The molecule has 0 radical (unpaired) electrons. The first-order valence-electron chi connectivity index (χ1n) is 6.74. The van der Waals surface area contributed by atoms with Gasteiger partial charge in [-0.2, -0.15) is 0 Å². The fourth-order valence-corrected chi connectivity index (χ4v) is 2.76. The molecular weight excluding hydrogens is 272 g/mol. The van der Waals surface area contributed by atoms with E-state index in [1.165, 1.54) is 0 Å². The lowest BCUT2D eigenvalue weighted by Crippen LogP contribution is -2.36. The molecule has 2 aromatic rings. The molecule has 20 heavy (non-hydrogen) atoms. The van der Waals surface area contributed by atoms with E-state index in [0.717, 1.165) is 22.1 Å². The summed E-state index contributed by atoms with van der Waals surface area (Å²) >= 11 is 6.08. The van der Waals surface area contributed by atoms with Crippen LogP contribution >= 0.6 is 11.6 Å². The van der Waals surface area contributed by atoms with Crippen LogP contribution in [0.25, 0.3) is 0 Å². The number of furan rings is 1. The van der Waals surface area contributed by atoms with Crippen LogP contribution in [0.15, 0.2) is 40.8 Å². The molecular formula is C16H21ClN2O. The lowest BCUT2D eigenvalue weighted by atomic mass is 9.99. The second-order valence-electron chi connectivity index (χ2n) is 5.29. The van der Waals surface area contributed by atoms with E-state index in [0.29, 0.717) is 6.54 Å². The van der Waals surface area contributed by atoms with Gasteiger partial charge in [0.25, 0.3) is 0 Å². The Labute approximate surface area is 125 Å². The zero-order valence-electron chi connectivity index (χ0n) is 12.1. The van der Waals surface area contributed by atoms with Crippen LogP contribution in [0, 0.1) is 6.92 Å². The van der Waals surface area contributed by atoms with Gasteiger partial charge in [0.2, 0.25) is 0 Å². The smallest absolute Gasteiger partial charge is 0.118 e. The van der Waals surface area contributed by atoms with Gasteiger partial charge < -0.3 is 10.2 Å². The van der Waals surface area contributed by atoms with Crippen LogP contribution in [0.1, 0.15) is 30.0 Å². The monoisotopic (exact) mass is 292 g/mol. The minimum Gasteiger partial charge on any atom is -0.465 e. The molecule has 0 saturated heterocycles. The third-order valence-electron chi connectivity index (χ3n) is 3.36. The minimum absolute atomic E-state index is 0.00507. The van der Waals surface area contributed by atoms with Crippen molar-refractivity contribution in [3.63, 3.8) is 0 Å². The average Bonchev–Trinajstić information content (AvgIpc) is 2.74. The topological polar surface area (TPSA) is 42.4 Å². The Morgan fingerprint density at radius 2 is 2.05 bits per heavy atom. The highest BCUT2D eigenvalue weighted by atomic mass is 35.5. The van der Waals surface area contributed by atoms with Crippen LogP contribution < -0.4 is 5.73 Å². The molecule has 0 aliphatic carbocycles. The second kappa shape index (κ2) is 6.44. The summed E-state index contributed by atoms with van der Waals surface area (Å²) in [6.45, 7) is 4.67. The van der Waals surface area contributed by atoms with Crippen molar-refractivity contribution < 1.29 is 4.42 Å². The fraction of sp³-hybridized carbons (Fsp3) is 0.375. The molecule has 0 amide bonds. The van der Waals surface area contributed by atoms with Crippen molar-refractivity contribution >= 4 is 11.6 Å². The maximum absolute atomic E-state index is 6.16. The highest BCUT2D eigenvalue weighted by Gasteiger charge is 2.22. The maximum Gasteiger partial charge on any atom is 0.118 e. The third kappa shape index (κ3) is 3.63. The molecule has 2 unspecified atom stereocenters. The van der Waals surface area contributed by atoms with Crippen LogP contribution in [-0.4, -0.2) is 18.0 Å². The molecule has 0 aliphatic rings. The number of benzene rings is 1. The quantitative estimate of drug-likeness (QED) is 0.912.